The number of carbonyl (C=O) groups excluding carboxylic acids is 1. The van der Waals surface area contributed by atoms with Crippen LogP contribution in [0.1, 0.15) is 106 Å². The Labute approximate surface area is 318 Å². The minimum Gasteiger partial charge on any atom is -0.448 e. The Hall–Kier alpha value is -3.54. The largest absolute Gasteiger partial charge is 0.448 e. The number of benzene rings is 1. The van der Waals surface area contributed by atoms with E-state index in [0.717, 1.165) is 71.9 Å². The number of hydrogen-bond donors (Lipinski definition) is 2. The van der Waals surface area contributed by atoms with Gasteiger partial charge in [0.1, 0.15) is 5.82 Å². The number of hydrogen-bond acceptors (Lipinski definition) is 9. The summed E-state index contributed by atoms with van der Waals surface area (Å²) >= 11 is 1.50. The van der Waals surface area contributed by atoms with Crippen LogP contribution >= 0.6 is 11.8 Å². The van der Waals surface area contributed by atoms with Gasteiger partial charge < -0.3 is 34.3 Å². The maximum atomic E-state index is 14.1. The summed E-state index contributed by atoms with van der Waals surface area (Å²) in [5.41, 5.74) is 3.96. The standard InChI is InChI=1S/C42H57N5O5S/c1-25-19-36(53-7)35(41(49)45-25)22-44-40(48)33-20-34(29-13-18-37(43-21-29)47-23-26(2)50-27(3)24-47)39-38(28(33)4)51-42(5,52-39)30-14-16-32(17-15-30)46(6)31-11-9-8-10-12-31/h13,18-21,26-27,30-32H,8-12,14-17,22-24H2,1-7H3,(H,44,48)(H,45,49)/t26-,27+,30-,32-,42?. The second-order valence-corrected chi connectivity index (χ2v) is 16.9. The van der Waals surface area contributed by atoms with E-state index in [-0.39, 0.29) is 36.1 Å². The van der Waals surface area contributed by atoms with E-state index in [2.05, 4.69) is 54.0 Å². The molecule has 2 aromatic heterocycles. The number of thioether (sulfide) groups is 1. The second-order valence-electron chi connectivity index (χ2n) is 16.0. The lowest BCUT2D eigenvalue weighted by molar-refractivity contribution is -0.124. The van der Waals surface area contributed by atoms with Crippen LogP contribution in [0.4, 0.5) is 5.82 Å². The molecule has 1 unspecified atom stereocenters. The summed E-state index contributed by atoms with van der Waals surface area (Å²) in [6.07, 6.45) is 15.0. The van der Waals surface area contributed by atoms with Crippen molar-refractivity contribution in [1.82, 2.24) is 20.2 Å². The van der Waals surface area contributed by atoms with Gasteiger partial charge in [0, 0.05) is 89.2 Å². The number of amides is 1. The van der Waals surface area contributed by atoms with E-state index in [9.17, 15) is 9.59 Å². The molecule has 2 aliphatic carbocycles. The van der Waals surface area contributed by atoms with Gasteiger partial charge in [-0.2, -0.15) is 0 Å². The molecule has 1 saturated heterocycles. The molecule has 1 amide bonds. The number of nitrogens with zero attached hydrogens (tertiary/aromatic N) is 3. The number of nitrogens with one attached hydrogen (secondary N) is 2. The number of aromatic amines is 1. The van der Waals surface area contributed by atoms with Crippen molar-refractivity contribution in [3.63, 3.8) is 0 Å². The van der Waals surface area contributed by atoms with Crippen LogP contribution < -0.4 is 25.2 Å². The highest BCUT2D eigenvalue weighted by atomic mass is 32.2. The number of rotatable bonds is 9. The third-order valence-corrected chi connectivity index (χ3v) is 13.0. The van der Waals surface area contributed by atoms with Crippen molar-refractivity contribution in [2.45, 2.75) is 134 Å². The molecule has 53 heavy (non-hydrogen) atoms. The Morgan fingerprint density at radius 3 is 2.34 bits per heavy atom. The van der Waals surface area contributed by atoms with Gasteiger partial charge in [-0.25, -0.2) is 4.98 Å². The lowest BCUT2D eigenvalue weighted by atomic mass is 9.80. The topological polar surface area (TPSA) is 109 Å². The first-order chi connectivity index (χ1) is 25.4. The van der Waals surface area contributed by atoms with E-state index in [4.69, 9.17) is 19.2 Å². The number of anilines is 1. The highest BCUT2D eigenvalue weighted by Gasteiger charge is 2.48. The molecule has 11 heteroatoms. The highest BCUT2D eigenvalue weighted by Crippen LogP contribution is 2.53. The molecule has 2 aliphatic heterocycles. The predicted octanol–water partition coefficient (Wildman–Crippen LogP) is 7.63. The van der Waals surface area contributed by atoms with Crippen LogP contribution in [0.3, 0.4) is 0 Å². The van der Waals surface area contributed by atoms with Gasteiger partial charge in [-0.05, 0) is 104 Å². The Bertz CT molecular complexity index is 1840. The van der Waals surface area contributed by atoms with E-state index in [1.54, 1.807) is 0 Å². The molecule has 3 fully saturated rings. The van der Waals surface area contributed by atoms with E-state index >= 15 is 0 Å². The lowest BCUT2D eigenvalue weighted by Gasteiger charge is -2.43. The zero-order chi connectivity index (χ0) is 37.4. The smallest absolute Gasteiger partial charge is 0.254 e. The first kappa shape index (κ1) is 37.8. The maximum absolute atomic E-state index is 14.1. The summed E-state index contributed by atoms with van der Waals surface area (Å²) in [5, 5.41) is 3.04. The monoisotopic (exact) mass is 743 g/mol. The molecule has 10 nitrogen and oxygen atoms in total. The number of pyridine rings is 2. The zero-order valence-corrected chi connectivity index (χ0v) is 33.4. The molecule has 0 spiro atoms. The molecular formula is C42H57N5O5S. The Morgan fingerprint density at radius 1 is 1.00 bits per heavy atom. The van der Waals surface area contributed by atoms with Crippen LogP contribution in [0.2, 0.25) is 0 Å². The highest BCUT2D eigenvalue weighted by molar-refractivity contribution is 7.98. The van der Waals surface area contributed by atoms with Crippen LogP contribution in [-0.4, -0.2) is 77.2 Å². The van der Waals surface area contributed by atoms with Gasteiger partial charge in [0.05, 0.1) is 12.2 Å². The van der Waals surface area contributed by atoms with Crippen LogP contribution in [0.5, 0.6) is 11.5 Å². The fraction of sp³-hybridized carbons (Fsp3) is 0.595. The molecule has 4 heterocycles. The van der Waals surface area contributed by atoms with Gasteiger partial charge >= 0.3 is 0 Å². The average Bonchev–Trinajstić information content (AvgIpc) is 3.53. The van der Waals surface area contributed by atoms with Gasteiger partial charge in [-0.3, -0.25) is 9.59 Å². The molecule has 286 valence electrons. The number of carbonyl (C=O) groups is 1. The summed E-state index contributed by atoms with van der Waals surface area (Å²) in [5.74, 6) is 1.23. The van der Waals surface area contributed by atoms with Crippen molar-refractivity contribution >= 4 is 23.5 Å². The third kappa shape index (κ3) is 7.85. The van der Waals surface area contributed by atoms with E-state index in [0.29, 0.717) is 34.7 Å². The Morgan fingerprint density at radius 2 is 1.68 bits per heavy atom. The van der Waals surface area contributed by atoms with Crippen LogP contribution in [-0.2, 0) is 11.3 Å². The number of aromatic nitrogens is 2. The first-order valence-corrected chi connectivity index (χ1v) is 20.9. The SMILES string of the molecule is CSc1cc(C)[nH]c(=O)c1CNC(=O)c1cc(-c2ccc(N3C[C@@H](C)O[C@@H](C)C3)nc2)c2c(c1C)OC(C)([C@H]1CC[C@H](N(C)C3CCCCC3)CC1)O2. The Kier molecular flexibility index (Phi) is 11.2. The number of H-pyrrole nitrogens is 1. The maximum Gasteiger partial charge on any atom is 0.254 e. The molecule has 2 N–H and O–H groups in total. The molecule has 2 saturated carbocycles. The third-order valence-electron chi connectivity index (χ3n) is 12.2. The normalized spacial score (nSPS) is 26.2. The zero-order valence-electron chi connectivity index (χ0n) is 32.5. The van der Waals surface area contributed by atoms with Gasteiger partial charge in [0.15, 0.2) is 11.5 Å². The molecular weight excluding hydrogens is 687 g/mol. The van der Waals surface area contributed by atoms with Crippen LogP contribution in [0.15, 0.2) is 40.2 Å². The molecule has 3 aromatic rings. The molecule has 0 radical (unpaired) electrons. The minimum atomic E-state index is -0.860. The van der Waals surface area contributed by atoms with Gasteiger partial charge in [-0.1, -0.05) is 19.3 Å². The molecule has 0 bridgehead atoms. The summed E-state index contributed by atoms with van der Waals surface area (Å²) in [4.78, 5) is 40.5. The molecule has 4 aliphatic rings. The van der Waals surface area contributed by atoms with Crippen molar-refractivity contribution in [3.8, 4) is 22.6 Å². The molecule has 7 rings (SSSR count). The van der Waals surface area contributed by atoms with Crippen molar-refractivity contribution in [1.29, 1.82) is 0 Å². The van der Waals surface area contributed by atoms with Crippen LogP contribution in [0, 0.1) is 19.8 Å². The van der Waals surface area contributed by atoms with E-state index in [1.807, 2.05) is 44.5 Å². The van der Waals surface area contributed by atoms with Crippen molar-refractivity contribution in [2.24, 2.45) is 5.92 Å². The lowest BCUT2D eigenvalue weighted by Crippen LogP contribution is -2.48. The van der Waals surface area contributed by atoms with E-state index in [1.165, 1.54) is 43.9 Å². The number of morpholine rings is 1. The van der Waals surface area contributed by atoms with E-state index < -0.39 is 5.79 Å². The van der Waals surface area contributed by atoms with Gasteiger partial charge in [-0.15, -0.1) is 11.8 Å². The minimum absolute atomic E-state index is 0.108. The van der Waals surface area contributed by atoms with Crippen molar-refractivity contribution < 1.29 is 19.0 Å². The van der Waals surface area contributed by atoms with Crippen molar-refractivity contribution in [3.05, 3.63) is 63.2 Å². The predicted molar refractivity (Wildman–Crippen MR) is 211 cm³/mol. The number of fused-ring (bicyclic) bond motifs is 1. The fourth-order valence-electron chi connectivity index (χ4n) is 9.19. The summed E-state index contributed by atoms with van der Waals surface area (Å²) in [6.45, 7) is 11.7. The summed E-state index contributed by atoms with van der Waals surface area (Å²) < 4.78 is 19.8. The van der Waals surface area contributed by atoms with Crippen molar-refractivity contribution in [2.75, 3.05) is 31.3 Å². The van der Waals surface area contributed by atoms with Gasteiger partial charge in [0.25, 0.3) is 17.3 Å². The fourth-order valence-corrected chi connectivity index (χ4v) is 9.90. The molecule has 1 aromatic carbocycles. The molecule has 3 atom stereocenters. The summed E-state index contributed by atoms with van der Waals surface area (Å²) in [6, 6.07) is 9.23. The first-order valence-electron chi connectivity index (χ1n) is 19.6. The van der Waals surface area contributed by atoms with Crippen LogP contribution in [0.25, 0.3) is 11.1 Å². The summed E-state index contributed by atoms with van der Waals surface area (Å²) in [7, 11) is 2.33. The number of aryl methyl sites for hydroxylation is 1. The van der Waals surface area contributed by atoms with Gasteiger partial charge in [0.2, 0.25) is 0 Å². The quantitative estimate of drug-likeness (QED) is 0.214. The average molecular weight is 744 g/mol. The number of ether oxygens (including phenoxy) is 3. The Balaban J connectivity index is 1.17. The second kappa shape index (κ2) is 15.7.